The van der Waals surface area contributed by atoms with Crippen LogP contribution in [0.25, 0.3) is 0 Å². The van der Waals surface area contributed by atoms with Crippen molar-refractivity contribution in [1.29, 1.82) is 0 Å². The summed E-state index contributed by atoms with van der Waals surface area (Å²) >= 11 is 0. The molecule has 0 aliphatic carbocycles. The maximum absolute atomic E-state index is 11.0. The number of rotatable bonds is 28. The fourth-order valence-corrected chi connectivity index (χ4v) is 4.17. The molecule has 0 bridgehead atoms. The lowest BCUT2D eigenvalue weighted by molar-refractivity contribution is -0.140. The Kier molecular flexibility index (Phi) is 27.9. The van der Waals surface area contributed by atoms with Gasteiger partial charge >= 0.3 is 5.97 Å². The molecule has 0 aromatic carbocycles. The van der Waals surface area contributed by atoms with Crippen molar-refractivity contribution in [3.63, 3.8) is 0 Å². The van der Waals surface area contributed by atoms with Crippen molar-refractivity contribution < 1.29 is 19.0 Å². The molecule has 5 heteroatoms. The molecule has 36 heavy (non-hydrogen) atoms. The third kappa shape index (κ3) is 26.2. The smallest absolute Gasteiger partial charge is 0.305 e. The van der Waals surface area contributed by atoms with Crippen molar-refractivity contribution >= 4 is 5.97 Å². The minimum absolute atomic E-state index is 0.0919. The molecule has 0 rings (SSSR count). The quantitative estimate of drug-likeness (QED) is 0.0603. The number of hydrogen-bond donors (Lipinski definition) is 0. The van der Waals surface area contributed by atoms with E-state index in [9.17, 15) is 4.79 Å². The van der Waals surface area contributed by atoms with E-state index in [4.69, 9.17) is 9.47 Å². The van der Waals surface area contributed by atoms with Crippen molar-refractivity contribution in [3.05, 3.63) is 12.2 Å². The van der Waals surface area contributed by atoms with E-state index < -0.39 is 0 Å². The van der Waals surface area contributed by atoms with E-state index in [0.717, 1.165) is 58.5 Å². The average molecular weight is 512 g/mol. The maximum atomic E-state index is 11.0. The molecule has 0 aromatic heterocycles. The standard InChI is InChI=1S/C31H61NO4/c1-5-6-7-8-17-20-23-26-35-28-30(32(2)3)29-36-27-24-21-18-15-13-11-9-10-12-14-16-19-22-25-31(33)34-4/h10,12,30H,5-9,11,13-29H2,1-4H3/b12-10-. The fraction of sp³-hybridized carbons (Fsp3) is 0.903. The summed E-state index contributed by atoms with van der Waals surface area (Å²) < 4.78 is 16.6. The highest BCUT2D eigenvalue weighted by Crippen LogP contribution is 2.10. The van der Waals surface area contributed by atoms with Crippen LogP contribution in [0.2, 0.25) is 0 Å². The van der Waals surface area contributed by atoms with Crippen LogP contribution in [0.15, 0.2) is 12.2 Å². The number of unbranched alkanes of at least 4 members (excludes halogenated alkanes) is 15. The number of allylic oxidation sites excluding steroid dienone is 2. The first kappa shape index (κ1) is 35.1. The second-order valence-electron chi connectivity index (χ2n) is 10.4. The lowest BCUT2D eigenvalue weighted by atomic mass is 10.1. The van der Waals surface area contributed by atoms with Gasteiger partial charge in [0.15, 0.2) is 0 Å². The molecular weight excluding hydrogens is 450 g/mol. The molecule has 5 nitrogen and oxygen atoms in total. The maximum Gasteiger partial charge on any atom is 0.305 e. The van der Waals surface area contributed by atoms with Gasteiger partial charge in [0.05, 0.1) is 26.4 Å². The monoisotopic (exact) mass is 511 g/mol. The highest BCUT2D eigenvalue weighted by molar-refractivity contribution is 5.68. The molecule has 1 unspecified atom stereocenters. The highest BCUT2D eigenvalue weighted by atomic mass is 16.5. The summed E-state index contributed by atoms with van der Waals surface area (Å²) in [6.07, 6.45) is 27.7. The molecular formula is C31H61NO4. The number of ether oxygens (including phenoxy) is 3. The number of methoxy groups -OCH3 is 1. The summed E-state index contributed by atoms with van der Waals surface area (Å²) in [5.74, 6) is -0.0919. The molecule has 0 heterocycles. The lowest BCUT2D eigenvalue weighted by Crippen LogP contribution is -2.37. The van der Waals surface area contributed by atoms with Crippen LogP contribution in [0.4, 0.5) is 0 Å². The summed E-state index contributed by atoms with van der Waals surface area (Å²) in [7, 11) is 5.69. The largest absolute Gasteiger partial charge is 0.469 e. The molecule has 0 spiro atoms. The second kappa shape index (κ2) is 28.7. The van der Waals surface area contributed by atoms with E-state index in [-0.39, 0.29) is 5.97 Å². The van der Waals surface area contributed by atoms with Crippen molar-refractivity contribution in [1.82, 2.24) is 4.90 Å². The Morgan fingerprint density at radius 1 is 0.667 bits per heavy atom. The topological polar surface area (TPSA) is 48.0 Å². The highest BCUT2D eigenvalue weighted by Gasteiger charge is 2.11. The van der Waals surface area contributed by atoms with Gasteiger partial charge in [0.1, 0.15) is 0 Å². The van der Waals surface area contributed by atoms with Gasteiger partial charge in [-0.2, -0.15) is 0 Å². The van der Waals surface area contributed by atoms with Gasteiger partial charge in [0, 0.05) is 19.6 Å². The Morgan fingerprint density at radius 2 is 1.11 bits per heavy atom. The Bertz CT molecular complexity index is 481. The Morgan fingerprint density at radius 3 is 1.58 bits per heavy atom. The third-order valence-corrected chi connectivity index (χ3v) is 6.80. The zero-order valence-corrected chi connectivity index (χ0v) is 24.6. The van der Waals surface area contributed by atoms with Crippen LogP contribution in [0.1, 0.15) is 129 Å². The normalized spacial score (nSPS) is 12.6. The predicted molar refractivity (Wildman–Crippen MR) is 154 cm³/mol. The first-order chi connectivity index (χ1) is 17.6. The summed E-state index contributed by atoms with van der Waals surface area (Å²) in [5.41, 5.74) is 0. The number of carbonyl (C=O) groups excluding carboxylic acids is 1. The van der Waals surface area contributed by atoms with Crippen molar-refractivity contribution in [2.24, 2.45) is 0 Å². The fourth-order valence-electron chi connectivity index (χ4n) is 4.17. The van der Waals surface area contributed by atoms with Crippen molar-refractivity contribution in [2.75, 3.05) is 47.6 Å². The van der Waals surface area contributed by atoms with Crippen LogP contribution < -0.4 is 0 Å². The van der Waals surface area contributed by atoms with E-state index in [1.54, 1.807) is 0 Å². The van der Waals surface area contributed by atoms with Gasteiger partial charge in [-0.25, -0.2) is 0 Å². The second-order valence-corrected chi connectivity index (χ2v) is 10.4. The third-order valence-electron chi connectivity index (χ3n) is 6.80. The molecule has 0 aliphatic rings. The first-order valence-corrected chi connectivity index (χ1v) is 15.2. The Labute approximate surface area is 224 Å². The van der Waals surface area contributed by atoms with Crippen LogP contribution in [0.3, 0.4) is 0 Å². The number of carbonyl (C=O) groups is 1. The molecule has 0 saturated heterocycles. The summed E-state index contributed by atoms with van der Waals surface area (Å²) in [6, 6.07) is 0.350. The number of hydrogen-bond acceptors (Lipinski definition) is 5. The number of esters is 1. The van der Waals surface area contributed by atoms with Gasteiger partial charge in [-0.05, 0) is 59.0 Å². The first-order valence-electron chi connectivity index (χ1n) is 15.2. The molecule has 214 valence electrons. The van der Waals surface area contributed by atoms with E-state index in [0.29, 0.717) is 12.5 Å². The lowest BCUT2D eigenvalue weighted by Gasteiger charge is -2.24. The summed E-state index contributed by atoms with van der Waals surface area (Å²) in [5, 5.41) is 0. The van der Waals surface area contributed by atoms with E-state index in [1.165, 1.54) is 90.6 Å². The minimum Gasteiger partial charge on any atom is -0.469 e. The van der Waals surface area contributed by atoms with Crippen LogP contribution in [0.5, 0.6) is 0 Å². The van der Waals surface area contributed by atoms with Gasteiger partial charge in [-0.3, -0.25) is 4.79 Å². The van der Waals surface area contributed by atoms with Gasteiger partial charge in [-0.15, -0.1) is 0 Å². The summed E-state index contributed by atoms with van der Waals surface area (Å²) in [4.78, 5) is 13.3. The van der Waals surface area contributed by atoms with E-state index >= 15 is 0 Å². The molecule has 0 aromatic rings. The van der Waals surface area contributed by atoms with Crippen molar-refractivity contribution in [3.8, 4) is 0 Å². The van der Waals surface area contributed by atoms with E-state index in [2.05, 4.69) is 42.8 Å². The van der Waals surface area contributed by atoms with Crippen molar-refractivity contribution in [2.45, 2.75) is 135 Å². The van der Waals surface area contributed by atoms with Crippen LogP contribution in [-0.2, 0) is 19.0 Å². The van der Waals surface area contributed by atoms with Gasteiger partial charge in [0.2, 0.25) is 0 Å². The van der Waals surface area contributed by atoms with Gasteiger partial charge < -0.3 is 19.1 Å². The molecule has 0 radical (unpaired) electrons. The number of likely N-dealkylation sites (N-methyl/N-ethyl adjacent to an activating group) is 1. The van der Waals surface area contributed by atoms with Gasteiger partial charge in [-0.1, -0.05) is 89.7 Å². The molecule has 0 amide bonds. The Balaban J connectivity index is 3.43. The molecule has 1 atom stereocenters. The average Bonchev–Trinajstić information content (AvgIpc) is 2.87. The van der Waals surface area contributed by atoms with Crippen LogP contribution in [0, 0.1) is 0 Å². The molecule has 0 aliphatic heterocycles. The SMILES string of the molecule is CCCCCCCCCOCC(COCCCCCCCC/C=C\CCCCCC(=O)OC)N(C)C. The number of nitrogens with zero attached hydrogens (tertiary/aromatic N) is 1. The predicted octanol–water partition coefficient (Wildman–Crippen LogP) is 8.11. The Hall–Kier alpha value is -0.910. The van der Waals surface area contributed by atoms with Crippen LogP contribution >= 0.6 is 0 Å². The van der Waals surface area contributed by atoms with E-state index in [1.807, 2.05) is 0 Å². The zero-order chi connectivity index (χ0) is 26.5. The van der Waals surface area contributed by atoms with Gasteiger partial charge in [0.25, 0.3) is 0 Å². The molecule has 0 saturated carbocycles. The van der Waals surface area contributed by atoms with Crippen LogP contribution in [-0.4, -0.2) is 64.5 Å². The zero-order valence-electron chi connectivity index (χ0n) is 24.6. The summed E-state index contributed by atoms with van der Waals surface area (Å²) in [6.45, 7) is 5.55. The molecule has 0 fully saturated rings. The molecule has 0 N–H and O–H groups in total. The minimum atomic E-state index is -0.0919.